The number of benzene rings is 2. The normalized spacial score (nSPS) is 15.8. The van der Waals surface area contributed by atoms with Gasteiger partial charge in [-0.3, -0.25) is 4.90 Å². The molecule has 0 aromatic heterocycles. The van der Waals surface area contributed by atoms with Crippen molar-refractivity contribution in [2.75, 3.05) is 25.0 Å². The van der Waals surface area contributed by atoms with Crippen LogP contribution in [0.5, 0.6) is 0 Å². The maximum atomic E-state index is 6.46. The van der Waals surface area contributed by atoms with Crippen LogP contribution < -0.4 is 10.6 Å². The standard InChI is InChI=1S/C20H24ClN3S/c1-15-7-6-8-16(13-15)23-20(25)22-14-19(24-11-4-5-12-24)17-9-2-3-10-18(17)21/h2-3,6-10,13,19H,4-5,11-12,14H2,1H3,(H2,22,23,25)/t19-/m0/s1. The lowest BCUT2D eigenvalue weighted by Crippen LogP contribution is -2.38. The van der Waals surface area contributed by atoms with E-state index in [1.165, 1.54) is 18.4 Å². The minimum absolute atomic E-state index is 0.230. The van der Waals surface area contributed by atoms with Crippen LogP contribution in [-0.2, 0) is 0 Å². The second-order valence-corrected chi connectivity index (χ2v) is 7.30. The van der Waals surface area contributed by atoms with Crippen molar-refractivity contribution in [1.29, 1.82) is 0 Å². The number of nitrogens with zero attached hydrogens (tertiary/aromatic N) is 1. The van der Waals surface area contributed by atoms with Gasteiger partial charge in [-0.1, -0.05) is 41.9 Å². The zero-order valence-electron chi connectivity index (χ0n) is 14.5. The molecule has 5 heteroatoms. The van der Waals surface area contributed by atoms with Gasteiger partial charge in [-0.25, -0.2) is 0 Å². The van der Waals surface area contributed by atoms with E-state index in [0.717, 1.165) is 35.9 Å². The van der Waals surface area contributed by atoms with E-state index in [2.05, 4.69) is 40.7 Å². The fraction of sp³-hybridized carbons (Fsp3) is 0.350. The summed E-state index contributed by atoms with van der Waals surface area (Å²) < 4.78 is 0. The van der Waals surface area contributed by atoms with Gasteiger partial charge in [-0.05, 0) is 74.4 Å². The Labute approximate surface area is 160 Å². The lowest BCUT2D eigenvalue weighted by Gasteiger charge is -2.29. The summed E-state index contributed by atoms with van der Waals surface area (Å²) >= 11 is 11.9. The van der Waals surface area contributed by atoms with Gasteiger partial charge in [0.25, 0.3) is 0 Å². The Balaban J connectivity index is 1.66. The average Bonchev–Trinajstić information content (AvgIpc) is 3.11. The highest BCUT2D eigenvalue weighted by atomic mass is 35.5. The van der Waals surface area contributed by atoms with Crippen LogP contribution in [0.1, 0.15) is 30.0 Å². The maximum Gasteiger partial charge on any atom is 0.170 e. The summed E-state index contributed by atoms with van der Waals surface area (Å²) in [5, 5.41) is 8.10. The molecule has 25 heavy (non-hydrogen) atoms. The molecule has 2 N–H and O–H groups in total. The molecule has 0 bridgehead atoms. The summed E-state index contributed by atoms with van der Waals surface area (Å²) in [6.45, 7) is 5.02. The molecule has 1 aliphatic rings. The van der Waals surface area contributed by atoms with Gasteiger partial charge in [0, 0.05) is 17.3 Å². The molecule has 1 saturated heterocycles. The van der Waals surface area contributed by atoms with Crippen molar-refractivity contribution in [1.82, 2.24) is 10.2 Å². The second kappa shape index (κ2) is 8.65. The van der Waals surface area contributed by atoms with Crippen LogP contribution >= 0.6 is 23.8 Å². The summed E-state index contributed by atoms with van der Waals surface area (Å²) in [6, 6.07) is 16.5. The Bertz CT molecular complexity index is 728. The van der Waals surface area contributed by atoms with E-state index in [4.69, 9.17) is 23.8 Å². The molecule has 0 aliphatic carbocycles. The molecule has 1 atom stereocenters. The molecule has 3 rings (SSSR count). The van der Waals surface area contributed by atoms with Gasteiger partial charge in [-0.2, -0.15) is 0 Å². The van der Waals surface area contributed by atoms with Gasteiger partial charge >= 0.3 is 0 Å². The van der Waals surface area contributed by atoms with Crippen LogP contribution in [0.25, 0.3) is 0 Å². The van der Waals surface area contributed by atoms with Crippen LogP contribution in [0.2, 0.25) is 5.02 Å². The number of aryl methyl sites for hydroxylation is 1. The van der Waals surface area contributed by atoms with Gasteiger partial charge in [0.15, 0.2) is 5.11 Å². The fourth-order valence-corrected chi connectivity index (χ4v) is 3.78. The molecule has 1 fully saturated rings. The molecular formula is C20H24ClN3S. The number of halogens is 1. The van der Waals surface area contributed by atoms with E-state index in [1.807, 2.05) is 30.3 Å². The van der Waals surface area contributed by atoms with E-state index < -0.39 is 0 Å². The Morgan fingerprint density at radius 3 is 2.64 bits per heavy atom. The highest BCUT2D eigenvalue weighted by molar-refractivity contribution is 7.80. The molecule has 1 aliphatic heterocycles. The number of rotatable bonds is 5. The highest BCUT2D eigenvalue weighted by Gasteiger charge is 2.25. The van der Waals surface area contributed by atoms with Gasteiger partial charge in [-0.15, -0.1) is 0 Å². The van der Waals surface area contributed by atoms with E-state index in [0.29, 0.717) is 5.11 Å². The SMILES string of the molecule is Cc1cccc(NC(=S)NC[C@@H](c2ccccc2Cl)N2CCCC2)c1. The molecule has 3 nitrogen and oxygen atoms in total. The molecule has 0 saturated carbocycles. The Hall–Kier alpha value is -1.62. The molecule has 2 aromatic carbocycles. The Morgan fingerprint density at radius 2 is 1.92 bits per heavy atom. The van der Waals surface area contributed by atoms with Gasteiger partial charge in [0.05, 0.1) is 6.04 Å². The van der Waals surface area contributed by atoms with Gasteiger partial charge in [0.2, 0.25) is 0 Å². The zero-order chi connectivity index (χ0) is 17.6. The van der Waals surface area contributed by atoms with Crippen LogP contribution in [-0.4, -0.2) is 29.6 Å². The lowest BCUT2D eigenvalue weighted by atomic mass is 10.1. The summed E-state index contributed by atoms with van der Waals surface area (Å²) in [5.41, 5.74) is 3.38. The highest BCUT2D eigenvalue weighted by Crippen LogP contribution is 2.29. The minimum Gasteiger partial charge on any atom is -0.361 e. The van der Waals surface area contributed by atoms with Crippen molar-refractivity contribution in [3.63, 3.8) is 0 Å². The van der Waals surface area contributed by atoms with Crippen molar-refractivity contribution in [3.05, 3.63) is 64.7 Å². The maximum absolute atomic E-state index is 6.46. The van der Waals surface area contributed by atoms with Crippen molar-refractivity contribution in [2.45, 2.75) is 25.8 Å². The number of thiocarbonyl (C=S) groups is 1. The quantitative estimate of drug-likeness (QED) is 0.738. The van der Waals surface area contributed by atoms with E-state index in [1.54, 1.807) is 0 Å². The summed E-state index contributed by atoms with van der Waals surface area (Å²) in [6.07, 6.45) is 2.49. The summed E-state index contributed by atoms with van der Waals surface area (Å²) in [5.74, 6) is 0. The van der Waals surface area contributed by atoms with Gasteiger partial charge in [0.1, 0.15) is 0 Å². The largest absolute Gasteiger partial charge is 0.361 e. The van der Waals surface area contributed by atoms with Crippen molar-refractivity contribution in [3.8, 4) is 0 Å². The summed E-state index contributed by atoms with van der Waals surface area (Å²) in [7, 11) is 0. The molecule has 0 amide bonds. The molecule has 0 radical (unpaired) electrons. The van der Waals surface area contributed by atoms with Crippen LogP contribution in [0.15, 0.2) is 48.5 Å². The molecule has 132 valence electrons. The number of hydrogen-bond donors (Lipinski definition) is 2. The van der Waals surface area contributed by atoms with Crippen LogP contribution in [0.4, 0.5) is 5.69 Å². The predicted molar refractivity (Wildman–Crippen MR) is 110 cm³/mol. The van der Waals surface area contributed by atoms with E-state index >= 15 is 0 Å². The smallest absolute Gasteiger partial charge is 0.170 e. The van der Waals surface area contributed by atoms with Crippen molar-refractivity contribution in [2.24, 2.45) is 0 Å². The Morgan fingerprint density at radius 1 is 1.16 bits per heavy atom. The predicted octanol–water partition coefficient (Wildman–Crippen LogP) is 4.77. The first-order valence-corrected chi connectivity index (χ1v) is 9.52. The topological polar surface area (TPSA) is 27.3 Å². The summed E-state index contributed by atoms with van der Waals surface area (Å²) in [4.78, 5) is 2.49. The third-order valence-corrected chi connectivity index (χ3v) is 5.17. The average molecular weight is 374 g/mol. The van der Waals surface area contributed by atoms with Gasteiger partial charge < -0.3 is 10.6 Å². The number of anilines is 1. The molecule has 0 unspecified atom stereocenters. The Kier molecular flexibility index (Phi) is 6.29. The minimum atomic E-state index is 0.230. The number of likely N-dealkylation sites (tertiary alicyclic amines) is 1. The van der Waals surface area contributed by atoms with Crippen molar-refractivity contribution >= 4 is 34.6 Å². The number of hydrogen-bond acceptors (Lipinski definition) is 2. The lowest BCUT2D eigenvalue weighted by molar-refractivity contribution is 0.246. The monoisotopic (exact) mass is 373 g/mol. The van der Waals surface area contributed by atoms with Crippen LogP contribution in [0.3, 0.4) is 0 Å². The fourth-order valence-electron chi connectivity index (χ4n) is 3.32. The van der Waals surface area contributed by atoms with Crippen LogP contribution in [0, 0.1) is 6.92 Å². The molecular weight excluding hydrogens is 350 g/mol. The number of nitrogens with one attached hydrogen (secondary N) is 2. The first kappa shape index (κ1) is 18.2. The molecule has 2 aromatic rings. The van der Waals surface area contributed by atoms with Crippen molar-refractivity contribution < 1.29 is 0 Å². The molecule has 1 heterocycles. The third kappa shape index (κ3) is 4.94. The molecule has 0 spiro atoms. The first-order valence-electron chi connectivity index (χ1n) is 8.73. The second-order valence-electron chi connectivity index (χ2n) is 6.48. The zero-order valence-corrected chi connectivity index (χ0v) is 16.0. The first-order chi connectivity index (χ1) is 12.1. The van der Waals surface area contributed by atoms with E-state index in [-0.39, 0.29) is 6.04 Å². The third-order valence-electron chi connectivity index (χ3n) is 4.58. The van der Waals surface area contributed by atoms with E-state index in [9.17, 15) is 0 Å².